The number of nitrogens with one attached hydrogen (secondary N) is 2. The SMILES string of the molecule is CC(C)(C)N[C@@H]1c2cccc3cccc(c23)[C@@H]1NS(=O)(=O)c1ccccc1. The van der Waals surface area contributed by atoms with Crippen LogP contribution in [0.4, 0.5) is 0 Å². The van der Waals surface area contributed by atoms with E-state index in [0.29, 0.717) is 0 Å². The summed E-state index contributed by atoms with van der Waals surface area (Å²) in [6, 6.07) is 20.3. The highest BCUT2D eigenvalue weighted by molar-refractivity contribution is 7.89. The molecular formula is C22H24N2O2S. The van der Waals surface area contributed by atoms with Crippen molar-refractivity contribution in [3.05, 3.63) is 77.9 Å². The number of sulfonamides is 1. The Morgan fingerprint density at radius 1 is 0.778 bits per heavy atom. The molecule has 3 aromatic rings. The minimum atomic E-state index is -3.64. The highest BCUT2D eigenvalue weighted by atomic mass is 32.2. The van der Waals surface area contributed by atoms with Crippen LogP contribution < -0.4 is 10.0 Å². The monoisotopic (exact) mass is 380 g/mol. The average molecular weight is 381 g/mol. The molecular weight excluding hydrogens is 356 g/mol. The number of rotatable bonds is 4. The van der Waals surface area contributed by atoms with E-state index in [0.717, 1.165) is 21.9 Å². The molecule has 0 radical (unpaired) electrons. The van der Waals surface area contributed by atoms with Gasteiger partial charge in [-0.1, -0.05) is 54.6 Å². The van der Waals surface area contributed by atoms with E-state index in [1.54, 1.807) is 24.3 Å². The molecule has 4 rings (SSSR count). The number of benzene rings is 3. The first kappa shape index (κ1) is 18.2. The summed E-state index contributed by atoms with van der Waals surface area (Å²) in [4.78, 5) is 0.280. The maximum absolute atomic E-state index is 13.0. The van der Waals surface area contributed by atoms with Crippen molar-refractivity contribution in [3.8, 4) is 0 Å². The third-order valence-electron chi connectivity index (χ3n) is 4.90. The fourth-order valence-electron chi connectivity index (χ4n) is 3.87. The second-order valence-corrected chi connectivity index (χ2v) is 9.79. The van der Waals surface area contributed by atoms with E-state index in [2.05, 4.69) is 49.0 Å². The highest BCUT2D eigenvalue weighted by Crippen LogP contribution is 2.45. The van der Waals surface area contributed by atoms with Crippen molar-refractivity contribution in [1.29, 1.82) is 0 Å². The van der Waals surface area contributed by atoms with Gasteiger partial charge in [-0.3, -0.25) is 0 Å². The molecule has 0 saturated carbocycles. The van der Waals surface area contributed by atoms with E-state index in [9.17, 15) is 8.42 Å². The summed E-state index contributed by atoms with van der Waals surface area (Å²) in [7, 11) is -3.64. The molecule has 0 amide bonds. The van der Waals surface area contributed by atoms with Gasteiger partial charge in [-0.05, 0) is 54.8 Å². The van der Waals surface area contributed by atoms with Crippen LogP contribution in [0.25, 0.3) is 10.8 Å². The van der Waals surface area contributed by atoms with Gasteiger partial charge < -0.3 is 5.32 Å². The molecule has 0 fully saturated rings. The molecule has 4 nitrogen and oxygen atoms in total. The second-order valence-electron chi connectivity index (χ2n) is 8.08. The van der Waals surface area contributed by atoms with Crippen LogP contribution in [0.15, 0.2) is 71.6 Å². The molecule has 0 bridgehead atoms. The van der Waals surface area contributed by atoms with Crippen LogP contribution in [-0.2, 0) is 10.0 Å². The second kappa shape index (κ2) is 6.44. The van der Waals surface area contributed by atoms with Gasteiger partial charge in [-0.2, -0.15) is 0 Å². The molecule has 5 heteroatoms. The molecule has 0 heterocycles. The van der Waals surface area contributed by atoms with Crippen LogP contribution in [0.5, 0.6) is 0 Å². The van der Waals surface area contributed by atoms with Crippen LogP contribution >= 0.6 is 0 Å². The lowest BCUT2D eigenvalue weighted by molar-refractivity contribution is 0.327. The molecule has 0 aliphatic heterocycles. The van der Waals surface area contributed by atoms with E-state index in [1.807, 2.05) is 24.3 Å². The van der Waals surface area contributed by atoms with Crippen molar-refractivity contribution in [2.24, 2.45) is 0 Å². The first-order chi connectivity index (χ1) is 12.8. The molecule has 1 aliphatic rings. The summed E-state index contributed by atoms with van der Waals surface area (Å²) in [6.07, 6.45) is 0. The van der Waals surface area contributed by atoms with Crippen molar-refractivity contribution >= 4 is 20.8 Å². The van der Waals surface area contributed by atoms with Gasteiger partial charge in [0, 0.05) is 5.54 Å². The van der Waals surface area contributed by atoms with Crippen LogP contribution in [0, 0.1) is 0 Å². The minimum Gasteiger partial charge on any atom is -0.304 e. The van der Waals surface area contributed by atoms with Crippen molar-refractivity contribution < 1.29 is 8.42 Å². The Balaban J connectivity index is 1.82. The number of hydrogen-bond donors (Lipinski definition) is 2. The Kier molecular flexibility index (Phi) is 4.34. The molecule has 3 aromatic carbocycles. The molecule has 2 N–H and O–H groups in total. The largest absolute Gasteiger partial charge is 0.304 e. The lowest BCUT2D eigenvalue weighted by atomic mass is 10.0. The van der Waals surface area contributed by atoms with Gasteiger partial charge in [0.2, 0.25) is 10.0 Å². The standard InChI is InChI=1S/C22H24N2O2S/c1-22(2,3)23-20-17-13-7-9-15-10-8-14-18(19(15)17)21(20)24-27(25,26)16-11-5-4-6-12-16/h4-14,20-21,23-24H,1-3H3/t20-,21+/m1/s1. The summed E-state index contributed by atoms with van der Waals surface area (Å²) in [5, 5.41) is 5.89. The van der Waals surface area contributed by atoms with Gasteiger partial charge in [-0.25, -0.2) is 13.1 Å². The molecule has 2 atom stereocenters. The zero-order chi connectivity index (χ0) is 19.2. The zero-order valence-corrected chi connectivity index (χ0v) is 16.5. The van der Waals surface area contributed by atoms with Gasteiger partial charge in [-0.15, -0.1) is 0 Å². The summed E-state index contributed by atoms with van der Waals surface area (Å²) >= 11 is 0. The van der Waals surface area contributed by atoms with Crippen LogP contribution in [-0.4, -0.2) is 14.0 Å². The van der Waals surface area contributed by atoms with E-state index in [4.69, 9.17) is 0 Å². The Labute approximate surface area is 160 Å². The first-order valence-electron chi connectivity index (χ1n) is 9.13. The fourth-order valence-corrected chi connectivity index (χ4v) is 5.12. The Bertz CT molecular complexity index is 1080. The van der Waals surface area contributed by atoms with Crippen molar-refractivity contribution in [1.82, 2.24) is 10.0 Å². The van der Waals surface area contributed by atoms with Crippen molar-refractivity contribution in [3.63, 3.8) is 0 Å². The van der Waals surface area contributed by atoms with Gasteiger partial charge in [0.1, 0.15) is 0 Å². The van der Waals surface area contributed by atoms with E-state index >= 15 is 0 Å². The topological polar surface area (TPSA) is 58.2 Å². The molecule has 1 aliphatic carbocycles. The smallest absolute Gasteiger partial charge is 0.241 e. The molecule has 27 heavy (non-hydrogen) atoms. The van der Waals surface area contributed by atoms with Gasteiger partial charge in [0.25, 0.3) is 0 Å². The lowest BCUT2D eigenvalue weighted by Crippen LogP contribution is -2.44. The molecule has 140 valence electrons. The van der Waals surface area contributed by atoms with E-state index < -0.39 is 10.0 Å². The predicted octanol–water partition coefficient (Wildman–Crippen LogP) is 4.30. The van der Waals surface area contributed by atoms with Crippen LogP contribution in [0.3, 0.4) is 0 Å². The lowest BCUT2D eigenvalue weighted by Gasteiger charge is -2.31. The van der Waals surface area contributed by atoms with Gasteiger partial charge in [0.05, 0.1) is 17.0 Å². The molecule has 0 saturated heterocycles. The summed E-state index contributed by atoms with van der Waals surface area (Å²) in [6.45, 7) is 6.29. The summed E-state index contributed by atoms with van der Waals surface area (Å²) in [5.74, 6) is 0. The molecule has 0 unspecified atom stereocenters. The van der Waals surface area contributed by atoms with Crippen LogP contribution in [0.2, 0.25) is 0 Å². The Morgan fingerprint density at radius 3 is 1.96 bits per heavy atom. The third-order valence-corrected chi connectivity index (χ3v) is 6.35. The van der Waals surface area contributed by atoms with Crippen molar-refractivity contribution in [2.75, 3.05) is 0 Å². The normalized spacial score (nSPS) is 19.5. The van der Waals surface area contributed by atoms with Crippen LogP contribution in [0.1, 0.15) is 44.0 Å². The zero-order valence-electron chi connectivity index (χ0n) is 15.7. The Morgan fingerprint density at radius 2 is 1.37 bits per heavy atom. The summed E-state index contributed by atoms with van der Waals surface area (Å²) in [5.41, 5.74) is 1.99. The summed E-state index contributed by atoms with van der Waals surface area (Å²) < 4.78 is 29.0. The molecule has 0 aromatic heterocycles. The predicted molar refractivity (Wildman–Crippen MR) is 109 cm³/mol. The quantitative estimate of drug-likeness (QED) is 0.709. The maximum atomic E-state index is 13.0. The van der Waals surface area contributed by atoms with Crippen molar-refractivity contribution in [2.45, 2.75) is 43.3 Å². The van der Waals surface area contributed by atoms with E-state index in [1.165, 1.54) is 0 Å². The maximum Gasteiger partial charge on any atom is 0.241 e. The Hall–Kier alpha value is -2.21. The minimum absolute atomic E-state index is 0.135. The van der Waals surface area contributed by atoms with E-state index in [-0.39, 0.29) is 22.5 Å². The molecule has 0 spiro atoms. The van der Waals surface area contributed by atoms with Gasteiger partial charge >= 0.3 is 0 Å². The average Bonchev–Trinajstić information content (AvgIpc) is 2.90. The highest BCUT2D eigenvalue weighted by Gasteiger charge is 2.38. The fraction of sp³-hybridized carbons (Fsp3) is 0.273. The number of hydrogen-bond acceptors (Lipinski definition) is 3. The third kappa shape index (κ3) is 3.38. The van der Waals surface area contributed by atoms with Gasteiger partial charge in [0.15, 0.2) is 0 Å². The first-order valence-corrected chi connectivity index (χ1v) is 10.6.